The zero-order valence-electron chi connectivity index (χ0n) is 17.2. The number of pyridine rings is 2. The van der Waals surface area contributed by atoms with Gasteiger partial charge in [-0.15, -0.1) is 0 Å². The molecule has 156 valence electrons. The highest BCUT2D eigenvalue weighted by atomic mass is 16.1. The van der Waals surface area contributed by atoms with Gasteiger partial charge in [0.05, 0.1) is 5.52 Å². The predicted molar refractivity (Wildman–Crippen MR) is 121 cm³/mol. The molecule has 1 aliphatic heterocycles. The Bertz CT molecular complexity index is 1200. The van der Waals surface area contributed by atoms with Gasteiger partial charge in [-0.25, -0.2) is 0 Å². The molecule has 0 aliphatic carbocycles. The summed E-state index contributed by atoms with van der Waals surface area (Å²) in [4.78, 5) is 23.7. The number of rotatable bonds is 5. The molecular weight excluding hydrogens is 388 g/mol. The summed E-state index contributed by atoms with van der Waals surface area (Å²) in [5.41, 5.74) is 5.13. The number of carbonyl (C=O) groups excluding carboxylic acids is 1. The van der Waals surface area contributed by atoms with Gasteiger partial charge in [0.25, 0.3) is 5.91 Å². The third kappa shape index (κ3) is 4.32. The fourth-order valence-corrected chi connectivity index (χ4v) is 4.10. The van der Waals surface area contributed by atoms with E-state index < -0.39 is 0 Å². The molecule has 1 aliphatic rings. The lowest BCUT2D eigenvalue weighted by Crippen LogP contribution is -2.29. The smallest absolute Gasteiger partial charge is 0.276 e. The van der Waals surface area contributed by atoms with E-state index in [-0.39, 0.29) is 5.91 Å². The van der Waals surface area contributed by atoms with Crippen molar-refractivity contribution < 1.29 is 4.79 Å². The molecule has 1 fully saturated rings. The van der Waals surface area contributed by atoms with Crippen LogP contribution < -0.4 is 5.32 Å². The quantitative estimate of drug-likeness (QED) is 0.511. The number of H-pyrrole nitrogens is 1. The highest BCUT2D eigenvalue weighted by Crippen LogP contribution is 2.26. The third-order valence-corrected chi connectivity index (χ3v) is 5.70. The van der Waals surface area contributed by atoms with E-state index in [1.165, 1.54) is 24.8 Å². The van der Waals surface area contributed by atoms with Crippen molar-refractivity contribution in [2.75, 3.05) is 18.4 Å². The standard InChI is InChI=1S/C24H24N6O/c31-24(27-20-6-8-25-9-7-20)23-21-13-18(4-5-22(21)28-29-23)19-12-17(14-26-15-19)16-30-10-2-1-3-11-30/h4-9,12-15H,1-3,10-11,16H2,(H,28,29)(H,25,27,31). The summed E-state index contributed by atoms with van der Waals surface area (Å²) in [6.45, 7) is 3.23. The molecular formula is C24H24N6O. The minimum Gasteiger partial charge on any atom is -0.320 e. The number of nitrogens with one attached hydrogen (secondary N) is 2. The lowest BCUT2D eigenvalue weighted by Gasteiger charge is -2.26. The molecule has 7 nitrogen and oxygen atoms in total. The van der Waals surface area contributed by atoms with E-state index in [1.54, 1.807) is 24.5 Å². The van der Waals surface area contributed by atoms with E-state index in [0.717, 1.165) is 41.7 Å². The van der Waals surface area contributed by atoms with E-state index in [1.807, 2.05) is 30.6 Å². The number of benzene rings is 1. The van der Waals surface area contributed by atoms with Crippen molar-refractivity contribution in [3.05, 3.63) is 72.4 Å². The van der Waals surface area contributed by atoms with Gasteiger partial charge >= 0.3 is 0 Å². The first-order valence-electron chi connectivity index (χ1n) is 10.6. The average Bonchev–Trinajstić information content (AvgIpc) is 3.24. The van der Waals surface area contributed by atoms with Crippen molar-refractivity contribution in [2.45, 2.75) is 25.8 Å². The Morgan fingerprint density at radius 3 is 2.65 bits per heavy atom. The van der Waals surface area contributed by atoms with Crippen LogP contribution in [-0.2, 0) is 6.54 Å². The number of amides is 1. The molecule has 1 amide bonds. The molecule has 0 atom stereocenters. The van der Waals surface area contributed by atoms with Crippen molar-refractivity contribution in [1.82, 2.24) is 25.1 Å². The Balaban J connectivity index is 1.41. The molecule has 0 unspecified atom stereocenters. The van der Waals surface area contributed by atoms with Crippen LogP contribution in [0.4, 0.5) is 5.69 Å². The SMILES string of the molecule is O=C(Nc1ccncc1)c1n[nH]c2ccc(-c3cncc(CN4CCCCC4)c3)cc12. The maximum Gasteiger partial charge on any atom is 0.276 e. The maximum absolute atomic E-state index is 12.8. The number of aromatic amines is 1. The first-order chi connectivity index (χ1) is 15.3. The highest BCUT2D eigenvalue weighted by Gasteiger charge is 2.16. The Hall–Kier alpha value is -3.58. The molecule has 0 saturated carbocycles. The zero-order valence-corrected chi connectivity index (χ0v) is 17.2. The Morgan fingerprint density at radius 2 is 1.81 bits per heavy atom. The summed E-state index contributed by atoms with van der Waals surface area (Å²) in [5, 5.41) is 10.9. The Labute approximate surface area is 180 Å². The van der Waals surface area contributed by atoms with Crippen molar-refractivity contribution in [2.24, 2.45) is 0 Å². The first kappa shape index (κ1) is 19.4. The number of likely N-dealkylation sites (tertiary alicyclic amines) is 1. The molecule has 4 aromatic rings. The topological polar surface area (TPSA) is 86.8 Å². The largest absolute Gasteiger partial charge is 0.320 e. The summed E-state index contributed by atoms with van der Waals surface area (Å²) in [6, 6.07) is 11.7. The second-order valence-corrected chi connectivity index (χ2v) is 7.94. The monoisotopic (exact) mass is 412 g/mol. The van der Waals surface area contributed by atoms with Crippen LogP contribution in [0.3, 0.4) is 0 Å². The molecule has 1 saturated heterocycles. The number of hydrogen-bond acceptors (Lipinski definition) is 5. The number of carbonyl (C=O) groups is 1. The number of anilines is 1. The van der Waals surface area contributed by atoms with Gasteiger partial charge in [-0.05, 0) is 67.4 Å². The van der Waals surface area contributed by atoms with Gasteiger partial charge in [0, 0.05) is 48.0 Å². The lowest BCUT2D eigenvalue weighted by atomic mass is 10.0. The lowest BCUT2D eigenvalue weighted by molar-refractivity contribution is 0.102. The third-order valence-electron chi connectivity index (χ3n) is 5.70. The van der Waals surface area contributed by atoms with Crippen molar-refractivity contribution in [1.29, 1.82) is 0 Å². The summed E-state index contributed by atoms with van der Waals surface area (Å²) >= 11 is 0. The zero-order chi connectivity index (χ0) is 21.0. The van der Waals surface area contributed by atoms with Crippen LogP contribution in [0, 0.1) is 0 Å². The van der Waals surface area contributed by atoms with Crippen molar-refractivity contribution >= 4 is 22.5 Å². The number of piperidine rings is 1. The number of nitrogens with zero attached hydrogens (tertiary/aromatic N) is 4. The molecule has 7 heteroatoms. The van der Waals surface area contributed by atoms with E-state index in [9.17, 15) is 4.79 Å². The van der Waals surface area contributed by atoms with Gasteiger partial charge < -0.3 is 5.32 Å². The van der Waals surface area contributed by atoms with Gasteiger partial charge in [0.2, 0.25) is 0 Å². The van der Waals surface area contributed by atoms with E-state index in [2.05, 4.69) is 36.4 Å². The average molecular weight is 412 g/mol. The van der Waals surface area contributed by atoms with Crippen molar-refractivity contribution in [3.63, 3.8) is 0 Å². The van der Waals surface area contributed by atoms with Crippen LogP contribution in [0.2, 0.25) is 0 Å². The van der Waals surface area contributed by atoms with Crippen LogP contribution in [0.25, 0.3) is 22.0 Å². The molecule has 3 aromatic heterocycles. The van der Waals surface area contributed by atoms with E-state index in [0.29, 0.717) is 11.4 Å². The van der Waals surface area contributed by atoms with Crippen LogP contribution in [0.15, 0.2) is 61.2 Å². The molecule has 5 rings (SSSR count). The van der Waals surface area contributed by atoms with Crippen LogP contribution >= 0.6 is 0 Å². The maximum atomic E-state index is 12.8. The minimum absolute atomic E-state index is 0.258. The molecule has 31 heavy (non-hydrogen) atoms. The minimum atomic E-state index is -0.258. The van der Waals surface area contributed by atoms with Gasteiger partial charge in [0.15, 0.2) is 5.69 Å². The molecule has 0 radical (unpaired) electrons. The van der Waals surface area contributed by atoms with Crippen molar-refractivity contribution in [3.8, 4) is 11.1 Å². The summed E-state index contributed by atoms with van der Waals surface area (Å²) in [6.07, 6.45) is 11.0. The molecule has 1 aromatic carbocycles. The highest BCUT2D eigenvalue weighted by molar-refractivity contribution is 6.11. The number of aromatic nitrogens is 4. The molecule has 0 bridgehead atoms. The molecule has 4 heterocycles. The van der Waals surface area contributed by atoms with Crippen LogP contribution in [-0.4, -0.2) is 44.1 Å². The second-order valence-electron chi connectivity index (χ2n) is 7.94. The van der Waals surface area contributed by atoms with Crippen LogP contribution in [0.5, 0.6) is 0 Å². The summed E-state index contributed by atoms with van der Waals surface area (Å²) in [5.74, 6) is -0.258. The first-order valence-corrected chi connectivity index (χ1v) is 10.6. The predicted octanol–water partition coefficient (Wildman–Crippen LogP) is 4.26. The molecule has 0 spiro atoms. The molecule has 2 N–H and O–H groups in total. The Morgan fingerprint density at radius 1 is 0.968 bits per heavy atom. The van der Waals surface area contributed by atoms with Gasteiger partial charge in [-0.3, -0.25) is 24.8 Å². The van der Waals surface area contributed by atoms with E-state index >= 15 is 0 Å². The normalized spacial score (nSPS) is 14.6. The number of fused-ring (bicyclic) bond motifs is 1. The fourth-order valence-electron chi connectivity index (χ4n) is 4.10. The summed E-state index contributed by atoms with van der Waals surface area (Å²) < 4.78 is 0. The fraction of sp³-hybridized carbons (Fsp3) is 0.250. The number of hydrogen-bond donors (Lipinski definition) is 2. The van der Waals surface area contributed by atoms with E-state index in [4.69, 9.17) is 0 Å². The van der Waals surface area contributed by atoms with Crippen LogP contribution in [0.1, 0.15) is 35.3 Å². The van der Waals surface area contributed by atoms with Gasteiger partial charge in [-0.1, -0.05) is 12.5 Å². The second kappa shape index (κ2) is 8.65. The Kier molecular flexibility index (Phi) is 5.41. The van der Waals surface area contributed by atoms with Gasteiger partial charge in [0.1, 0.15) is 0 Å². The van der Waals surface area contributed by atoms with Gasteiger partial charge in [-0.2, -0.15) is 5.10 Å². The summed E-state index contributed by atoms with van der Waals surface area (Å²) in [7, 11) is 0.